The molecule has 0 unspecified atom stereocenters. The molecule has 2 aliphatic rings. The predicted molar refractivity (Wildman–Crippen MR) is 94.6 cm³/mol. The van der Waals surface area contributed by atoms with Crippen molar-refractivity contribution in [2.75, 3.05) is 18.4 Å². The predicted octanol–water partition coefficient (Wildman–Crippen LogP) is 3.17. The van der Waals surface area contributed by atoms with Crippen molar-refractivity contribution in [3.63, 3.8) is 0 Å². The van der Waals surface area contributed by atoms with E-state index < -0.39 is 0 Å². The summed E-state index contributed by atoms with van der Waals surface area (Å²) in [5.41, 5.74) is 0.473. The Morgan fingerprint density at radius 2 is 2.04 bits per heavy atom. The number of aromatic nitrogens is 3. The van der Waals surface area contributed by atoms with Gasteiger partial charge in [-0.3, -0.25) is 14.8 Å². The third-order valence-electron chi connectivity index (χ3n) is 5.03. The van der Waals surface area contributed by atoms with Crippen LogP contribution in [0.5, 0.6) is 0 Å². The summed E-state index contributed by atoms with van der Waals surface area (Å²) in [6, 6.07) is 2.26. The largest absolute Gasteiger partial charge is 0.317 e. The van der Waals surface area contributed by atoms with E-state index in [0.29, 0.717) is 22.8 Å². The molecule has 0 radical (unpaired) electrons. The molecule has 6 nitrogen and oxygen atoms in total. The maximum Gasteiger partial charge on any atom is 0.277 e. The van der Waals surface area contributed by atoms with Crippen molar-refractivity contribution < 1.29 is 4.79 Å². The van der Waals surface area contributed by atoms with E-state index in [2.05, 4.69) is 20.7 Å². The van der Waals surface area contributed by atoms with E-state index in [1.165, 1.54) is 17.7 Å². The minimum absolute atomic E-state index is 0.169. The Morgan fingerprint density at radius 1 is 1.25 bits per heavy atom. The summed E-state index contributed by atoms with van der Waals surface area (Å²) in [6.07, 6.45) is 10.9. The minimum atomic E-state index is -0.169. The zero-order valence-corrected chi connectivity index (χ0v) is 14.5. The minimum Gasteiger partial charge on any atom is -0.317 e. The number of nitrogens with one attached hydrogen (secondary N) is 2. The summed E-state index contributed by atoms with van der Waals surface area (Å²) in [7, 11) is 0. The van der Waals surface area contributed by atoms with Crippen molar-refractivity contribution in [1.82, 2.24) is 20.1 Å². The molecule has 2 aromatic heterocycles. The first-order chi connectivity index (χ1) is 11.8. The molecule has 2 N–H and O–H groups in total. The Hall–Kier alpha value is -1.73. The molecule has 7 heteroatoms. The molecule has 0 atom stereocenters. The average Bonchev–Trinajstić information content (AvgIpc) is 3.36. The maximum atomic E-state index is 12.4. The van der Waals surface area contributed by atoms with Crippen LogP contribution in [-0.4, -0.2) is 33.8 Å². The van der Waals surface area contributed by atoms with Crippen LogP contribution in [0.4, 0.5) is 5.13 Å². The van der Waals surface area contributed by atoms with E-state index in [1.54, 1.807) is 17.4 Å². The fraction of sp³-hybridized carbons (Fsp3) is 0.588. The topological polar surface area (TPSA) is 71.8 Å². The van der Waals surface area contributed by atoms with Crippen LogP contribution in [0.1, 0.15) is 65.9 Å². The Balaban J connectivity index is 1.39. The molecule has 2 fully saturated rings. The van der Waals surface area contributed by atoms with Gasteiger partial charge in [-0.15, -0.1) is 11.3 Å². The van der Waals surface area contributed by atoms with Gasteiger partial charge < -0.3 is 5.32 Å². The van der Waals surface area contributed by atoms with Gasteiger partial charge in [0, 0.05) is 17.3 Å². The molecule has 128 valence electrons. The summed E-state index contributed by atoms with van der Waals surface area (Å²) in [5.74, 6) is 0.397. The molecule has 3 heterocycles. The highest BCUT2D eigenvalue weighted by Gasteiger charge is 2.21. The zero-order valence-electron chi connectivity index (χ0n) is 13.7. The fourth-order valence-electron chi connectivity index (χ4n) is 3.63. The van der Waals surface area contributed by atoms with Crippen molar-refractivity contribution in [2.24, 2.45) is 0 Å². The molecule has 2 aromatic rings. The summed E-state index contributed by atoms with van der Waals surface area (Å²) in [6.45, 7) is 2.12. The first kappa shape index (κ1) is 15.8. The van der Waals surface area contributed by atoms with Gasteiger partial charge in [0.05, 0.1) is 6.04 Å². The van der Waals surface area contributed by atoms with Gasteiger partial charge in [0.1, 0.15) is 0 Å². The monoisotopic (exact) mass is 345 g/mol. The number of amides is 1. The fourth-order valence-corrected chi connectivity index (χ4v) is 4.61. The van der Waals surface area contributed by atoms with Crippen LogP contribution < -0.4 is 10.6 Å². The molecule has 1 saturated heterocycles. The quantitative estimate of drug-likeness (QED) is 0.893. The molecular formula is C17H23N5OS. The molecule has 1 amide bonds. The van der Waals surface area contributed by atoms with Crippen molar-refractivity contribution >= 4 is 22.4 Å². The molecule has 1 aliphatic heterocycles. The molecule has 4 rings (SSSR count). The van der Waals surface area contributed by atoms with Gasteiger partial charge in [-0.1, -0.05) is 12.8 Å². The van der Waals surface area contributed by atoms with Gasteiger partial charge in [-0.25, -0.2) is 4.98 Å². The van der Waals surface area contributed by atoms with Crippen LogP contribution >= 0.6 is 11.3 Å². The highest BCUT2D eigenvalue weighted by Crippen LogP contribution is 2.32. The molecular weight excluding hydrogens is 322 g/mol. The smallest absolute Gasteiger partial charge is 0.277 e. The third-order valence-corrected chi connectivity index (χ3v) is 6.10. The lowest BCUT2D eigenvalue weighted by Gasteiger charge is -2.20. The second kappa shape index (κ2) is 7.03. The van der Waals surface area contributed by atoms with Crippen molar-refractivity contribution in [2.45, 2.75) is 50.5 Å². The second-order valence-electron chi connectivity index (χ2n) is 6.67. The van der Waals surface area contributed by atoms with Gasteiger partial charge in [-0.2, -0.15) is 5.10 Å². The van der Waals surface area contributed by atoms with Crippen molar-refractivity contribution in [1.29, 1.82) is 0 Å². The van der Waals surface area contributed by atoms with Crippen molar-refractivity contribution in [3.05, 3.63) is 29.0 Å². The average molecular weight is 345 g/mol. The van der Waals surface area contributed by atoms with Gasteiger partial charge in [-0.05, 0) is 50.8 Å². The summed E-state index contributed by atoms with van der Waals surface area (Å²) in [5, 5.41) is 11.4. The number of carbonyl (C=O) groups excluding carboxylic acids is 1. The van der Waals surface area contributed by atoms with Gasteiger partial charge in [0.25, 0.3) is 5.91 Å². The molecule has 0 spiro atoms. The first-order valence-corrected chi connectivity index (χ1v) is 9.64. The third kappa shape index (κ3) is 3.37. The highest BCUT2D eigenvalue weighted by atomic mass is 32.1. The molecule has 1 aliphatic carbocycles. The van der Waals surface area contributed by atoms with E-state index in [4.69, 9.17) is 0 Å². The first-order valence-electron chi connectivity index (χ1n) is 8.82. The number of rotatable bonds is 4. The summed E-state index contributed by atoms with van der Waals surface area (Å²) < 4.78 is 1.95. The number of hydrogen-bond donors (Lipinski definition) is 2. The zero-order chi connectivity index (χ0) is 16.4. The number of carbonyl (C=O) groups is 1. The van der Waals surface area contributed by atoms with Crippen molar-refractivity contribution in [3.8, 4) is 0 Å². The normalized spacial score (nSPS) is 19.7. The molecule has 0 aromatic carbocycles. The number of thiazole rings is 1. The van der Waals surface area contributed by atoms with Crippen LogP contribution in [0.15, 0.2) is 18.5 Å². The number of hydrogen-bond acceptors (Lipinski definition) is 5. The standard InChI is InChI=1S/C17H23N5OS/c23-16(14-7-10-22(21-14)13-3-1-2-4-13)20-17-19-11-15(24-17)12-5-8-18-9-6-12/h7,10-13,18H,1-6,8-9H2,(H,19,20,23). The van der Waals surface area contributed by atoms with Gasteiger partial charge in [0.15, 0.2) is 10.8 Å². The van der Waals surface area contributed by atoms with Crippen LogP contribution in [0.2, 0.25) is 0 Å². The lowest BCUT2D eigenvalue weighted by Crippen LogP contribution is -2.26. The Bertz CT molecular complexity index is 697. The molecule has 24 heavy (non-hydrogen) atoms. The van der Waals surface area contributed by atoms with E-state index in [9.17, 15) is 4.79 Å². The Labute approximate surface area is 145 Å². The van der Waals surface area contributed by atoms with E-state index in [0.717, 1.165) is 38.8 Å². The van der Waals surface area contributed by atoms with Gasteiger partial charge in [0.2, 0.25) is 0 Å². The van der Waals surface area contributed by atoms with E-state index in [1.807, 2.05) is 17.1 Å². The van der Waals surface area contributed by atoms with Crippen LogP contribution in [0.3, 0.4) is 0 Å². The Kier molecular flexibility index (Phi) is 4.62. The lowest BCUT2D eigenvalue weighted by atomic mass is 9.97. The van der Waals surface area contributed by atoms with Crippen LogP contribution in [0.25, 0.3) is 0 Å². The van der Waals surface area contributed by atoms with Crippen LogP contribution in [0, 0.1) is 0 Å². The van der Waals surface area contributed by atoms with Crippen LogP contribution in [-0.2, 0) is 0 Å². The SMILES string of the molecule is O=C(Nc1ncc(C2CCNCC2)s1)c1ccn(C2CCCC2)n1. The number of nitrogens with zero attached hydrogens (tertiary/aromatic N) is 3. The number of anilines is 1. The van der Waals surface area contributed by atoms with E-state index >= 15 is 0 Å². The Morgan fingerprint density at radius 3 is 2.83 bits per heavy atom. The maximum absolute atomic E-state index is 12.4. The summed E-state index contributed by atoms with van der Waals surface area (Å²) >= 11 is 1.59. The molecule has 1 saturated carbocycles. The van der Waals surface area contributed by atoms with E-state index in [-0.39, 0.29) is 5.91 Å². The molecule has 0 bridgehead atoms. The highest BCUT2D eigenvalue weighted by molar-refractivity contribution is 7.15. The summed E-state index contributed by atoms with van der Waals surface area (Å²) in [4.78, 5) is 18.0. The number of piperidine rings is 1. The lowest BCUT2D eigenvalue weighted by molar-refractivity contribution is 0.102. The van der Waals surface area contributed by atoms with Gasteiger partial charge >= 0.3 is 0 Å². The second-order valence-corrected chi connectivity index (χ2v) is 7.73.